The fraction of sp³-hybridized carbons (Fsp3) is 0.0833. The molecule has 0 saturated carbocycles. The highest BCUT2D eigenvalue weighted by atomic mass is 79.9. The third-order valence-electron chi connectivity index (χ3n) is 2.24. The molecule has 0 radical (unpaired) electrons. The highest BCUT2D eigenvalue weighted by Crippen LogP contribution is 2.32. The van der Waals surface area contributed by atoms with E-state index in [0.717, 1.165) is 5.56 Å². The van der Waals surface area contributed by atoms with Crippen LogP contribution in [0.25, 0.3) is 0 Å². The standard InChI is InChI=1S/C12H9BrN2O3/c13-7-9-3-4-12(11(6-9)15(16)17)18-10-2-1-5-14-8-10/h1-6,8H,7H2. The first kappa shape index (κ1) is 12.5. The van der Waals surface area contributed by atoms with E-state index in [4.69, 9.17) is 4.74 Å². The molecule has 0 aliphatic rings. The van der Waals surface area contributed by atoms with Crippen molar-refractivity contribution in [1.82, 2.24) is 4.98 Å². The molecule has 6 heteroatoms. The molecule has 0 N–H and O–H groups in total. The van der Waals surface area contributed by atoms with E-state index in [2.05, 4.69) is 20.9 Å². The highest BCUT2D eigenvalue weighted by Gasteiger charge is 2.16. The Morgan fingerprint density at radius 2 is 2.22 bits per heavy atom. The molecule has 0 spiro atoms. The molecule has 0 aliphatic carbocycles. The van der Waals surface area contributed by atoms with E-state index in [-0.39, 0.29) is 11.4 Å². The predicted molar refractivity (Wildman–Crippen MR) is 70.0 cm³/mol. The van der Waals surface area contributed by atoms with Gasteiger partial charge in [0.2, 0.25) is 5.75 Å². The summed E-state index contributed by atoms with van der Waals surface area (Å²) in [6.07, 6.45) is 3.11. The number of rotatable bonds is 4. The zero-order valence-corrected chi connectivity index (χ0v) is 10.8. The lowest BCUT2D eigenvalue weighted by Gasteiger charge is -2.06. The molecule has 92 valence electrons. The number of pyridine rings is 1. The van der Waals surface area contributed by atoms with Gasteiger partial charge in [-0.2, -0.15) is 0 Å². The van der Waals surface area contributed by atoms with Gasteiger partial charge in [-0.25, -0.2) is 0 Å². The summed E-state index contributed by atoms with van der Waals surface area (Å²) >= 11 is 3.26. The van der Waals surface area contributed by atoms with Crippen LogP contribution in [0, 0.1) is 10.1 Å². The molecule has 1 heterocycles. The number of nitrogens with zero attached hydrogens (tertiary/aromatic N) is 2. The summed E-state index contributed by atoms with van der Waals surface area (Å²) in [5.74, 6) is 0.671. The number of hydrogen-bond acceptors (Lipinski definition) is 4. The molecule has 0 amide bonds. The Morgan fingerprint density at radius 1 is 1.39 bits per heavy atom. The zero-order valence-electron chi connectivity index (χ0n) is 9.25. The van der Waals surface area contributed by atoms with Crippen LogP contribution in [0.15, 0.2) is 42.7 Å². The van der Waals surface area contributed by atoms with Gasteiger partial charge in [0, 0.05) is 17.6 Å². The van der Waals surface area contributed by atoms with Crippen molar-refractivity contribution in [2.75, 3.05) is 0 Å². The number of hydrogen-bond donors (Lipinski definition) is 0. The number of halogens is 1. The van der Waals surface area contributed by atoms with E-state index >= 15 is 0 Å². The molecular formula is C12H9BrN2O3. The summed E-state index contributed by atoms with van der Waals surface area (Å²) in [6.45, 7) is 0. The lowest BCUT2D eigenvalue weighted by atomic mass is 10.2. The van der Waals surface area contributed by atoms with E-state index in [1.165, 1.54) is 12.3 Å². The minimum Gasteiger partial charge on any atom is -0.449 e. The normalized spacial score (nSPS) is 10.1. The van der Waals surface area contributed by atoms with Crippen molar-refractivity contribution < 1.29 is 9.66 Å². The summed E-state index contributed by atoms with van der Waals surface area (Å²) in [5.41, 5.74) is 0.760. The quantitative estimate of drug-likeness (QED) is 0.491. The largest absolute Gasteiger partial charge is 0.449 e. The zero-order chi connectivity index (χ0) is 13.0. The summed E-state index contributed by atoms with van der Waals surface area (Å²) < 4.78 is 5.45. The van der Waals surface area contributed by atoms with Gasteiger partial charge in [0.05, 0.1) is 11.1 Å². The molecule has 2 aromatic rings. The molecule has 0 saturated heterocycles. The van der Waals surface area contributed by atoms with Crippen molar-refractivity contribution in [2.24, 2.45) is 0 Å². The third-order valence-corrected chi connectivity index (χ3v) is 2.88. The second-order valence-electron chi connectivity index (χ2n) is 3.48. The topological polar surface area (TPSA) is 65.3 Å². The number of nitro groups is 1. The predicted octanol–water partition coefficient (Wildman–Crippen LogP) is 3.68. The maximum atomic E-state index is 11.0. The van der Waals surface area contributed by atoms with Crippen LogP contribution in [0.3, 0.4) is 0 Å². The van der Waals surface area contributed by atoms with Gasteiger partial charge < -0.3 is 4.74 Å². The van der Waals surface area contributed by atoms with Crippen LogP contribution in [-0.2, 0) is 5.33 Å². The maximum absolute atomic E-state index is 11.0. The van der Waals surface area contributed by atoms with Gasteiger partial charge in [0.1, 0.15) is 5.75 Å². The van der Waals surface area contributed by atoms with E-state index in [9.17, 15) is 10.1 Å². The molecule has 0 fully saturated rings. The second kappa shape index (κ2) is 5.59. The van der Waals surface area contributed by atoms with Crippen molar-refractivity contribution in [3.05, 3.63) is 58.4 Å². The molecule has 18 heavy (non-hydrogen) atoms. The Kier molecular flexibility index (Phi) is 3.88. The Labute approximate surface area is 112 Å². The Bertz CT molecular complexity index is 561. The average Bonchev–Trinajstić information content (AvgIpc) is 2.40. The summed E-state index contributed by atoms with van der Waals surface area (Å²) in [6, 6.07) is 8.23. The lowest BCUT2D eigenvalue weighted by molar-refractivity contribution is -0.385. The molecule has 1 aromatic heterocycles. The van der Waals surface area contributed by atoms with Gasteiger partial charge >= 0.3 is 5.69 Å². The number of ether oxygens (including phenoxy) is 1. The molecule has 0 aliphatic heterocycles. The van der Waals surface area contributed by atoms with E-state index in [1.807, 2.05) is 0 Å². The van der Waals surface area contributed by atoms with Crippen molar-refractivity contribution in [1.29, 1.82) is 0 Å². The van der Waals surface area contributed by atoms with Crippen LogP contribution in [0.4, 0.5) is 5.69 Å². The fourth-order valence-electron chi connectivity index (χ4n) is 1.41. The summed E-state index contributed by atoms with van der Waals surface area (Å²) in [7, 11) is 0. The van der Waals surface area contributed by atoms with Crippen LogP contribution in [0.2, 0.25) is 0 Å². The average molecular weight is 309 g/mol. The SMILES string of the molecule is O=[N+]([O-])c1cc(CBr)ccc1Oc1cccnc1. The van der Waals surface area contributed by atoms with Crippen LogP contribution in [-0.4, -0.2) is 9.91 Å². The van der Waals surface area contributed by atoms with Crippen molar-refractivity contribution in [3.63, 3.8) is 0 Å². The Hall–Kier alpha value is -1.95. The minimum atomic E-state index is -0.460. The van der Waals surface area contributed by atoms with E-state index in [0.29, 0.717) is 11.1 Å². The van der Waals surface area contributed by atoms with Gasteiger partial charge in [-0.1, -0.05) is 22.0 Å². The van der Waals surface area contributed by atoms with Gasteiger partial charge in [-0.15, -0.1) is 0 Å². The van der Waals surface area contributed by atoms with Gasteiger partial charge in [0.15, 0.2) is 0 Å². The molecule has 0 unspecified atom stereocenters. The number of nitro benzene ring substituents is 1. The minimum absolute atomic E-state index is 0.0594. The molecule has 2 rings (SSSR count). The lowest BCUT2D eigenvalue weighted by Crippen LogP contribution is -1.94. The summed E-state index contributed by atoms with van der Waals surface area (Å²) in [4.78, 5) is 14.4. The summed E-state index contributed by atoms with van der Waals surface area (Å²) in [5, 5.41) is 11.5. The van der Waals surface area contributed by atoms with Crippen LogP contribution >= 0.6 is 15.9 Å². The number of alkyl halides is 1. The van der Waals surface area contributed by atoms with Crippen LogP contribution in [0.1, 0.15) is 5.56 Å². The maximum Gasteiger partial charge on any atom is 0.311 e. The molecular weight excluding hydrogens is 300 g/mol. The van der Waals surface area contributed by atoms with Gasteiger partial charge in [-0.05, 0) is 23.8 Å². The Balaban J connectivity index is 2.35. The van der Waals surface area contributed by atoms with Crippen LogP contribution < -0.4 is 4.74 Å². The first-order valence-corrected chi connectivity index (χ1v) is 6.24. The van der Waals surface area contributed by atoms with E-state index < -0.39 is 4.92 Å². The third kappa shape index (κ3) is 2.84. The number of benzene rings is 1. The smallest absolute Gasteiger partial charge is 0.311 e. The highest BCUT2D eigenvalue weighted by molar-refractivity contribution is 9.08. The first-order valence-electron chi connectivity index (χ1n) is 5.12. The second-order valence-corrected chi connectivity index (χ2v) is 4.04. The Morgan fingerprint density at radius 3 is 2.83 bits per heavy atom. The first-order chi connectivity index (χ1) is 8.70. The monoisotopic (exact) mass is 308 g/mol. The fourth-order valence-corrected chi connectivity index (χ4v) is 1.76. The van der Waals surface area contributed by atoms with E-state index in [1.54, 1.807) is 30.5 Å². The van der Waals surface area contributed by atoms with Gasteiger partial charge in [0.25, 0.3) is 0 Å². The van der Waals surface area contributed by atoms with Crippen molar-refractivity contribution >= 4 is 21.6 Å². The molecule has 5 nitrogen and oxygen atoms in total. The molecule has 0 atom stereocenters. The molecule has 0 bridgehead atoms. The molecule has 1 aromatic carbocycles. The number of aromatic nitrogens is 1. The van der Waals surface area contributed by atoms with Crippen molar-refractivity contribution in [2.45, 2.75) is 5.33 Å². The van der Waals surface area contributed by atoms with Crippen molar-refractivity contribution in [3.8, 4) is 11.5 Å². The van der Waals surface area contributed by atoms with Crippen LogP contribution in [0.5, 0.6) is 11.5 Å². The van der Waals surface area contributed by atoms with Gasteiger partial charge in [-0.3, -0.25) is 15.1 Å².